The molecule has 0 fully saturated rings. The van der Waals surface area contributed by atoms with Gasteiger partial charge in [0.1, 0.15) is 0 Å². The molecule has 4 heterocycles. The Kier molecular flexibility index (Phi) is 14.7. The van der Waals surface area contributed by atoms with Gasteiger partial charge in [-0.15, -0.1) is 0 Å². The Bertz CT molecular complexity index is 8080. The molecule has 4 heteroatoms. The third-order valence-corrected chi connectivity index (χ3v) is 27.3. The molecule has 2 aromatic heterocycles. The number of hydrogen-bond donors (Lipinski definition) is 0. The van der Waals surface area contributed by atoms with Crippen molar-refractivity contribution in [1.29, 1.82) is 0 Å². The molecule has 2 spiro atoms. The number of rotatable bonds is 11. The van der Waals surface area contributed by atoms with E-state index in [1.54, 1.807) is 0 Å². The number of fused-ring (bicyclic) bond motifs is 26. The summed E-state index contributed by atoms with van der Waals surface area (Å²) in [6.45, 7) is 0. The Morgan fingerprint density at radius 3 is 1.16 bits per heavy atom. The van der Waals surface area contributed by atoms with Gasteiger partial charge in [-0.1, -0.05) is 352 Å². The van der Waals surface area contributed by atoms with Gasteiger partial charge in [-0.25, -0.2) is 0 Å². The van der Waals surface area contributed by atoms with Crippen molar-refractivity contribution in [3.63, 3.8) is 0 Å². The second kappa shape index (κ2) is 26.3. The molecular formula is C118H74N4. The van der Waals surface area contributed by atoms with Gasteiger partial charge < -0.3 is 18.9 Å². The molecule has 1 unspecified atom stereocenters. The minimum atomic E-state index is -0.730. The number of hydrogen-bond acceptors (Lipinski definition) is 2. The summed E-state index contributed by atoms with van der Waals surface area (Å²) in [5.74, 6) is 0. The first-order chi connectivity index (χ1) is 60.5. The third kappa shape index (κ3) is 9.68. The molecule has 0 bridgehead atoms. The Hall–Kier alpha value is -15.9. The van der Waals surface area contributed by atoms with Gasteiger partial charge in [-0.3, -0.25) is 0 Å². The molecule has 1 atom stereocenters. The number of anilines is 6. The highest BCUT2D eigenvalue weighted by Gasteiger charge is 2.54. The fourth-order valence-electron chi connectivity index (χ4n) is 22.1. The fraction of sp³-hybridized carbons (Fsp3) is 0.0169. The van der Waals surface area contributed by atoms with Crippen molar-refractivity contribution in [2.75, 3.05) is 9.80 Å². The Morgan fingerprint density at radius 1 is 0.172 bits per heavy atom. The van der Waals surface area contributed by atoms with E-state index in [4.69, 9.17) is 0 Å². The fourth-order valence-corrected chi connectivity index (χ4v) is 22.1. The molecule has 0 N–H and O–H groups in total. The lowest BCUT2D eigenvalue weighted by Gasteiger charge is -2.40. The van der Waals surface area contributed by atoms with E-state index in [0.717, 1.165) is 50.9 Å². The Morgan fingerprint density at radius 2 is 0.549 bits per heavy atom. The molecule has 20 aromatic carbocycles. The number of aromatic nitrogens is 2. The van der Waals surface area contributed by atoms with Crippen LogP contribution in [0.1, 0.15) is 44.5 Å². The first-order valence-electron chi connectivity index (χ1n) is 42.4. The maximum absolute atomic E-state index is 2.62. The zero-order valence-corrected chi connectivity index (χ0v) is 66.5. The molecular weight excluding hydrogens is 1470 g/mol. The Balaban J connectivity index is 0.657. The molecule has 26 rings (SSSR count). The zero-order chi connectivity index (χ0) is 79.9. The van der Waals surface area contributed by atoms with Crippen molar-refractivity contribution in [1.82, 2.24) is 9.13 Å². The molecule has 2 aliphatic heterocycles. The van der Waals surface area contributed by atoms with Gasteiger partial charge >= 0.3 is 0 Å². The van der Waals surface area contributed by atoms with Crippen LogP contribution in [0.4, 0.5) is 34.1 Å². The van der Waals surface area contributed by atoms with Crippen LogP contribution in [0.3, 0.4) is 0 Å². The van der Waals surface area contributed by atoms with Crippen LogP contribution in [0.25, 0.3) is 154 Å². The minimum Gasteiger partial charge on any atom is -0.310 e. The molecule has 2 aliphatic carbocycles. The predicted octanol–water partition coefficient (Wildman–Crippen LogP) is 30.8. The first kappa shape index (κ1) is 68.2. The lowest BCUT2D eigenvalue weighted by Crippen LogP contribution is -2.33. The normalized spacial score (nSPS) is 14.0. The maximum atomic E-state index is 2.62. The van der Waals surface area contributed by atoms with Crippen LogP contribution in [0.15, 0.2) is 449 Å². The van der Waals surface area contributed by atoms with Gasteiger partial charge in [0, 0.05) is 55.7 Å². The summed E-state index contributed by atoms with van der Waals surface area (Å²) < 4.78 is 5.21. The molecule has 0 saturated carbocycles. The van der Waals surface area contributed by atoms with Crippen molar-refractivity contribution < 1.29 is 0 Å². The second-order valence-corrected chi connectivity index (χ2v) is 33.3. The minimum absolute atomic E-state index is 0.702. The zero-order valence-electron chi connectivity index (χ0n) is 66.5. The van der Waals surface area contributed by atoms with Crippen molar-refractivity contribution >= 4 is 99.3 Å². The second-order valence-electron chi connectivity index (χ2n) is 33.3. The van der Waals surface area contributed by atoms with Crippen LogP contribution in [-0.2, 0) is 10.8 Å². The summed E-state index contributed by atoms with van der Waals surface area (Å²) in [6, 6.07) is 169. The third-order valence-electron chi connectivity index (χ3n) is 27.3. The molecule has 122 heavy (non-hydrogen) atoms. The quantitative estimate of drug-likeness (QED) is 0.128. The predicted molar refractivity (Wildman–Crippen MR) is 508 cm³/mol. The van der Waals surface area contributed by atoms with E-state index in [2.05, 4.69) is 468 Å². The summed E-state index contributed by atoms with van der Waals surface area (Å²) >= 11 is 0. The average Bonchev–Trinajstić information content (AvgIpc) is 1.39. The van der Waals surface area contributed by atoms with E-state index in [9.17, 15) is 0 Å². The van der Waals surface area contributed by atoms with Crippen LogP contribution in [0.2, 0.25) is 0 Å². The van der Waals surface area contributed by atoms with E-state index >= 15 is 0 Å². The number of benzene rings is 20. The lowest BCUT2D eigenvalue weighted by atomic mass is 9.65. The smallest absolute Gasteiger partial charge is 0.0755 e. The van der Waals surface area contributed by atoms with Crippen LogP contribution >= 0.6 is 0 Å². The topological polar surface area (TPSA) is 16.3 Å². The number of para-hydroxylation sites is 3. The lowest BCUT2D eigenvalue weighted by molar-refractivity contribution is 0.748. The molecule has 4 aliphatic rings. The summed E-state index contributed by atoms with van der Waals surface area (Å²) in [7, 11) is 0. The summed E-state index contributed by atoms with van der Waals surface area (Å²) in [4.78, 5) is 4.95. The van der Waals surface area contributed by atoms with Crippen LogP contribution in [0.5, 0.6) is 0 Å². The summed E-state index contributed by atoms with van der Waals surface area (Å²) in [5, 5.41) is 9.70. The highest BCUT2D eigenvalue weighted by Crippen LogP contribution is 2.65. The van der Waals surface area contributed by atoms with Crippen LogP contribution in [0, 0.1) is 0 Å². The standard InChI is InChI=1S/C118H74N4/c1-3-24-75(25-4-1)78-48-50-79(51-49-78)80-52-59-86(60-53-80)120(89-64-55-77-27-8-10-31-84(77)71-89)91-65-67-105-113(74-91)122-110-47-20-16-36-97(110)98-39-22-46-108(115(98)122)118(105)104-43-19-15-37-100(104)114-94(38-21-44-106(114)118)85-58-68-111-101(72-85)99-40-23-45-107-116(99)121(111)112-69-66-90(73-109(112)117(107)102-41-17-13-34-95(102)96-35-14-18-42-103(96)117)119(88-63-54-76-26-7-9-30-83(76)70-88)87-61-56-82(57-62-87)93-33-12-11-32-92(93)81-28-5-2-6-29-81/h1-74H. The van der Waals surface area contributed by atoms with E-state index in [1.165, 1.54) is 182 Å². The van der Waals surface area contributed by atoms with Gasteiger partial charge in [0.2, 0.25) is 0 Å². The van der Waals surface area contributed by atoms with Gasteiger partial charge in [-0.2, -0.15) is 0 Å². The molecule has 4 nitrogen and oxygen atoms in total. The van der Waals surface area contributed by atoms with Crippen LogP contribution < -0.4 is 9.80 Å². The Labute approximate surface area is 706 Å². The molecule has 566 valence electrons. The van der Waals surface area contributed by atoms with Gasteiger partial charge in [0.25, 0.3) is 0 Å². The van der Waals surface area contributed by atoms with Gasteiger partial charge in [0.15, 0.2) is 0 Å². The molecule has 22 aromatic rings. The summed E-state index contributed by atoms with van der Waals surface area (Å²) in [5.41, 5.74) is 39.3. The van der Waals surface area contributed by atoms with Gasteiger partial charge in [-0.05, 0) is 241 Å². The van der Waals surface area contributed by atoms with E-state index in [-0.39, 0.29) is 0 Å². The van der Waals surface area contributed by atoms with E-state index in [1.807, 2.05) is 0 Å². The number of nitrogens with zero attached hydrogens (tertiary/aromatic N) is 4. The van der Waals surface area contributed by atoms with E-state index < -0.39 is 10.8 Å². The summed E-state index contributed by atoms with van der Waals surface area (Å²) in [6.07, 6.45) is 0. The van der Waals surface area contributed by atoms with Crippen molar-refractivity contribution in [3.05, 3.63) is 493 Å². The largest absolute Gasteiger partial charge is 0.310 e. The van der Waals surface area contributed by atoms with Crippen molar-refractivity contribution in [2.45, 2.75) is 10.8 Å². The first-order valence-corrected chi connectivity index (χ1v) is 42.4. The van der Waals surface area contributed by atoms with Gasteiger partial charge in [0.05, 0.1) is 44.3 Å². The van der Waals surface area contributed by atoms with E-state index in [0.29, 0.717) is 0 Å². The average molecular weight is 1550 g/mol. The van der Waals surface area contributed by atoms with Crippen molar-refractivity contribution in [2.24, 2.45) is 0 Å². The van der Waals surface area contributed by atoms with Crippen LogP contribution in [-0.4, -0.2) is 9.13 Å². The highest BCUT2D eigenvalue weighted by atomic mass is 15.2. The maximum Gasteiger partial charge on any atom is 0.0755 e. The van der Waals surface area contributed by atoms with Crippen molar-refractivity contribution in [3.8, 4) is 89.3 Å². The SMILES string of the molecule is c1ccc(-c2ccc(-c3ccc(N(c4ccc5c(c4)-n4c6ccccc6c6cccc(c64)C54c5ccccc5-c5c(-c6ccc7c(c6)c6cccc8c6n7-c6ccc(N(c7ccc(-c9ccccc9-c9ccccc9)cc7)c7ccc9ccccc9c7)cc6C86c7ccccc7-c7ccccc76)cccc54)c4ccc5ccccc5c4)cc3)cc2)cc1. The molecule has 0 amide bonds. The monoisotopic (exact) mass is 1550 g/mol. The highest BCUT2D eigenvalue weighted by molar-refractivity contribution is 6.17. The molecule has 0 saturated heterocycles. The molecule has 0 radical (unpaired) electrons.